The van der Waals surface area contributed by atoms with Crippen molar-refractivity contribution in [2.24, 2.45) is 0 Å². The number of hydrogen-bond donors (Lipinski definition) is 1. The number of furan rings is 1. The minimum absolute atomic E-state index is 0.243. The summed E-state index contributed by atoms with van der Waals surface area (Å²) < 4.78 is 11.7. The zero-order valence-electron chi connectivity index (χ0n) is 12.7. The van der Waals surface area contributed by atoms with Crippen LogP contribution in [0.15, 0.2) is 33.0 Å². The molecule has 0 atom stereocenters. The normalized spacial score (nSPS) is 11.0. The fraction of sp³-hybridized carbons (Fsp3) is 0.267. The number of aromatic nitrogens is 2. The first-order valence-electron chi connectivity index (χ1n) is 7.00. The van der Waals surface area contributed by atoms with Crippen molar-refractivity contribution in [2.75, 3.05) is 18.2 Å². The Morgan fingerprint density at radius 1 is 1.39 bits per heavy atom. The van der Waals surface area contributed by atoms with Crippen molar-refractivity contribution in [2.45, 2.75) is 17.9 Å². The summed E-state index contributed by atoms with van der Waals surface area (Å²) in [5.41, 5.74) is 1.39. The second kappa shape index (κ2) is 7.12. The first-order valence-corrected chi connectivity index (χ1v) is 8.80. The Kier molecular flexibility index (Phi) is 4.94. The molecule has 0 spiro atoms. The summed E-state index contributed by atoms with van der Waals surface area (Å²) in [6.07, 6.45) is 0. The van der Waals surface area contributed by atoms with Gasteiger partial charge >= 0.3 is 0 Å². The first kappa shape index (κ1) is 16.0. The Morgan fingerprint density at radius 3 is 3.00 bits per heavy atom. The van der Waals surface area contributed by atoms with Crippen LogP contribution < -0.4 is 5.32 Å². The highest BCUT2D eigenvalue weighted by Crippen LogP contribution is 2.29. The number of hydrogen-bond acceptors (Lipinski definition) is 7. The molecule has 1 amide bonds. The van der Waals surface area contributed by atoms with Crippen LogP contribution in [0.4, 0.5) is 5.13 Å². The third kappa shape index (κ3) is 3.39. The highest BCUT2D eigenvalue weighted by atomic mass is 32.2. The zero-order chi connectivity index (χ0) is 16.2. The quantitative estimate of drug-likeness (QED) is 0.539. The van der Waals surface area contributed by atoms with Crippen molar-refractivity contribution in [3.63, 3.8) is 0 Å². The summed E-state index contributed by atoms with van der Waals surface area (Å²) >= 11 is 2.93. The number of nitrogens with zero attached hydrogens (tertiary/aromatic N) is 2. The first-order chi connectivity index (χ1) is 11.2. The summed E-state index contributed by atoms with van der Waals surface area (Å²) in [7, 11) is 1.59. The second-order valence-corrected chi connectivity index (χ2v) is 7.09. The minimum atomic E-state index is -0.350. The standard InChI is InChI=1S/C15H15N3O3S2/c1-3-22-15-18-17-14(23-15)16-13(19)12-10(8-20-2)9-6-4-5-7-11(9)21-12/h4-7H,3,8H2,1-2H3,(H,16,17,19). The lowest BCUT2D eigenvalue weighted by Gasteiger charge is -2.01. The number of benzene rings is 1. The number of amides is 1. The van der Waals surface area contributed by atoms with E-state index in [1.165, 1.54) is 11.3 Å². The van der Waals surface area contributed by atoms with Gasteiger partial charge in [-0.05, 0) is 11.8 Å². The molecule has 0 saturated carbocycles. The third-order valence-corrected chi connectivity index (χ3v) is 4.94. The third-order valence-electron chi connectivity index (χ3n) is 3.09. The molecule has 0 unspecified atom stereocenters. The molecule has 3 rings (SSSR count). The maximum atomic E-state index is 12.5. The molecule has 2 aromatic heterocycles. The van der Waals surface area contributed by atoms with Gasteiger partial charge in [-0.3, -0.25) is 10.1 Å². The van der Waals surface area contributed by atoms with E-state index in [1.54, 1.807) is 18.9 Å². The molecule has 0 radical (unpaired) electrons. The number of carbonyl (C=O) groups excluding carboxylic acids is 1. The van der Waals surface area contributed by atoms with Gasteiger partial charge in [0.15, 0.2) is 10.1 Å². The molecular formula is C15H15N3O3S2. The van der Waals surface area contributed by atoms with Gasteiger partial charge in [0, 0.05) is 18.1 Å². The lowest BCUT2D eigenvalue weighted by Crippen LogP contribution is -2.13. The van der Waals surface area contributed by atoms with Gasteiger partial charge in [0.25, 0.3) is 5.91 Å². The molecule has 0 saturated heterocycles. The largest absolute Gasteiger partial charge is 0.451 e. The highest BCUT2D eigenvalue weighted by molar-refractivity contribution is 8.01. The van der Waals surface area contributed by atoms with Crippen molar-refractivity contribution in [1.82, 2.24) is 10.2 Å². The number of thioether (sulfide) groups is 1. The van der Waals surface area contributed by atoms with Gasteiger partial charge in [-0.15, -0.1) is 10.2 Å². The van der Waals surface area contributed by atoms with E-state index >= 15 is 0 Å². The summed E-state index contributed by atoms with van der Waals surface area (Å²) in [6, 6.07) is 7.50. The predicted molar refractivity (Wildman–Crippen MR) is 91.2 cm³/mol. The highest BCUT2D eigenvalue weighted by Gasteiger charge is 2.21. The van der Waals surface area contributed by atoms with Crippen molar-refractivity contribution in [3.8, 4) is 0 Å². The lowest BCUT2D eigenvalue weighted by atomic mass is 10.1. The average Bonchev–Trinajstić information content (AvgIpc) is 3.13. The summed E-state index contributed by atoms with van der Waals surface area (Å²) in [5, 5.41) is 12.1. The van der Waals surface area contributed by atoms with Crippen molar-refractivity contribution < 1.29 is 13.9 Å². The van der Waals surface area contributed by atoms with Gasteiger partial charge in [-0.25, -0.2) is 0 Å². The topological polar surface area (TPSA) is 77.3 Å². The maximum Gasteiger partial charge on any atom is 0.293 e. The van der Waals surface area contributed by atoms with E-state index in [-0.39, 0.29) is 11.7 Å². The smallest absolute Gasteiger partial charge is 0.293 e. The molecule has 0 bridgehead atoms. The van der Waals surface area contributed by atoms with Crippen LogP contribution >= 0.6 is 23.1 Å². The summed E-state index contributed by atoms with van der Waals surface area (Å²) in [5.74, 6) is 0.801. The number of anilines is 1. The van der Waals surface area contributed by atoms with E-state index in [4.69, 9.17) is 9.15 Å². The molecule has 23 heavy (non-hydrogen) atoms. The molecule has 6 nitrogen and oxygen atoms in total. The van der Waals surface area contributed by atoms with E-state index in [0.29, 0.717) is 17.3 Å². The molecule has 2 heterocycles. The van der Waals surface area contributed by atoms with Gasteiger partial charge in [-0.1, -0.05) is 48.2 Å². The zero-order valence-corrected chi connectivity index (χ0v) is 14.3. The van der Waals surface area contributed by atoms with Gasteiger partial charge in [0.05, 0.1) is 6.61 Å². The van der Waals surface area contributed by atoms with Gasteiger partial charge in [-0.2, -0.15) is 0 Å². The lowest BCUT2D eigenvalue weighted by molar-refractivity contribution is 0.0992. The van der Waals surface area contributed by atoms with E-state index in [0.717, 1.165) is 21.0 Å². The summed E-state index contributed by atoms with van der Waals surface area (Å²) in [4.78, 5) is 12.5. The predicted octanol–water partition coefficient (Wildman–Crippen LogP) is 3.80. The molecule has 0 aliphatic carbocycles. The Bertz CT molecular complexity index is 828. The van der Waals surface area contributed by atoms with E-state index in [9.17, 15) is 4.79 Å². The number of rotatable bonds is 6. The number of ether oxygens (including phenoxy) is 1. The number of fused-ring (bicyclic) bond motifs is 1. The van der Waals surface area contributed by atoms with Gasteiger partial charge in [0.2, 0.25) is 5.13 Å². The molecule has 1 aromatic carbocycles. The molecule has 120 valence electrons. The summed E-state index contributed by atoms with van der Waals surface area (Å²) in [6.45, 7) is 2.34. The number of carbonyl (C=O) groups is 1. The number of para-hydroxylation sites is 1. The number of nitrogens with one attached hydrogen (secondary N) is 1. The molecule has 0 aliphatic rings. The Balaban J connectivity index is 1.88. The van der Waals surface area contributed by atoms with E-state index in [1.807, 2.05) is 31.2 Å². The fourth-order valence-corrected chi connectivity index (χ4v) is 3.81. The van der Waals surface area contributed by atoms with Crippen molar-refractivity contribution >= 4 is 45.1 Å². The van der Waals surface area contributed by atoms with Crippen LogP contribution in [0.3, 0.4) is 0 Å². The van der Waals surface area contributed by atoms with Gasteiger partial charge in [0.1, 0.15) is 5.58 Å². The maximum absolute atomic E-state index is 12.5. The van der Waals surface area contributed by atoms with Crippen LogP contribution in [-0.2, 0) is 11.3 Å². The van der Waals surface area contributed by atoms with Crippen LogP contribution in [0.2, 0.25) is 0 Å². The second-order valence-electron chi connectivity index (χ2n) is 4.60. The van der Waals surface area contributed by atoms with Crippen molar-refractivity contribution in [3.05, 3.63) is 35.6 Å². The van der Waals surface area contributed by atoms with Crippen LogP contribution in [0, 0.1) is 0 Å². The number of methoxy groups -OCH3 is 1. The van der Waals surface area contributed by atoms with Gasteiger partial charge < -0.3 is 9.15 Å². The molecular weight excluding hydrogens is 334 g/mol. The average molecular weight is 349 g/mol. The Morgan fingerprint density at radius 2 is 2.22 bits per heavy atom. The molecule has 0 fully saturated rings. The molecule has 8 heteroatoms. The molecule has 1 N–H and O–H groups in total. The monoisotopic (exact) mass is 349 g/mol. The Labute approximate surface area is 141 Å². The van der Waals surface area contributed by atoms with E-state index in [2.05, 4.69) is 15.5 Å². The molecule has 3 aromatic rings. The van der Waals surface area contributed by atoms with Crippen LogP contribution in [0.5, 0.6) is 0 Å². The van der Waals surface area contributed by atoms with Crippen molar-refractivity contribution in [1.29, 1.82) is 0 Å². The van der Waals surface area contributed by atoms with E-state index < -0.39 is 0 Å². The fourth-order valence-electron chi connectivity index (χ4n) is 2.17. The molecule has 0 aliphatic heterocycles. The minimum Gasteiger partial charge on any atom is -0.451 e. The van der Waals surface area contributed by atoms with Crippen LogP contribution in [0.1, 0.15) is 23.0 Å². The Hall–Kier alpha value is -1.90. The SMILES string of the molecule is CCSc1nnc(NC(=O)c2oc3ccccc3c2COC)s1. The van der Waals surface area contributed by atoms with Crippen LogP contribution in [-0.4, -0.2) is 29.0 Å². The van der Waals surface area contributed by atoms with Crippen LogP contribution in [0.25, 0.3) is 11.0 Å².